The minimum absolute atomic E-state index is 0.216. The van der Waals surface area contributed by atoms with Gasteiger partial charge in [0.25, 0.3) is 0 Å². The lowest BCUT2D eigenvalue weighted by Gasteiger charge is -2.12. The maximum absolute atomic E-state index is 11.9. The van der Waals surface area contributed by atoms with E-state index in [1.807, 2.05) is 12.1 Å². The number of Topliss-reactive ketones (excluding diaryl/α,β-unsaturated/α-hetero) is 1. The predicted octanol–water partition coefficient (Wildman–Crippen LogP) is 2.61. The van der Waals surface area contributed by atoms with Gasteiger partial charge in [0.1, 0.15) is 0 Å². The van der Waals surface area contributed by atoms with Crippen LogP contribution in [-0.2, 0) is 6.42 Å². The highest BCUT2D eigenvalue weighted by atomic mass is 16.5. The van der Waals surface area contributed by atoms with Gasteiger partial charge in [-0.15, -0.1) is 0 Å². The molecule has 0 atom stereocenters. The Morgan fingerprint density at radius 1 is 1.00 bits per heavy atom. The molecule has 0 unspecified atom stereocenters. The highest BCUT2D eigenvalue weighted by molar-refractivity contribution is 5.98. The van der Waals surface area contributed by atoms with Gasteiger partial charge in [-0.1, -0.05) is 0 Å². The molecule has 0 aromatic heterocycles. The van der Waals surface area contributed by atoms with Crippen LogP contribution in [0.2, 0.25) is 0 Å². The normalized spacial score (nSPS) is 15.2. The fourth-order valence-corrected chi connectivity index (χ4v) is 2.12. The number of rotatable bonds is 2. The Balaban J connectivity index is 2.51. The van der Waals surface area contributed by atoms with E-state index in [0.717, 1.165) is 30.4 Å². The van der Waals surface area contributed by atoms with Crippen molar-refractivity contribution >= 4 is 5.78 Å². The van der Waals surface area contributed by atoms with E-state index in [2.05, 4.69) is 0 Å². The fourth-order valence-electron chi connectivity index (χ4n) is 2.12. The maximum atomic E-state index is 11.9. The predicted molar refractivity (Wildman–Crippen MR) is 61.4 cm³/mol. The molecule has 0 radical (unpaired) electrons. The van der Waals surface area contributed by atoms with Crippen molar-refractivity contribution in [2.75, 3.05) is 14.2 Å². The standard InChI is InChI=1S/C13H16O3/c1-15-12-7-9-5-3-4-6-11(14)10(9)8-13(12)16-2/h7-8H,3-6H2,1-2H3. The summed E-state index contributed by atoms with van der Waals surface area (Å²) in [7, 11) is 3.20. The fraction of sp³-hybridized carbons (Fsp3) is 0.462. The quantitative estimate of drug-likeness (QED) is 0.719. The second kappa shape index (κ2) is 4.56. The largest absolute Gasteiger partial charge is 0.493 e. The molecular formula is C13H16O3. The van der Waals surface area contributed by atoms with Crippen molar-refractivity contribution in [1.29, 1.82) is 0 Å². The third kappa shape index (κ3) is 1.90. The molecule has 0 N–H and O–H groups in total. The molecule has 0 fully saturated rings. The average Bonchev–Trinajstić information content (AvgIpc) is 2.49. The van der Waals surface area contributed by atoms with E-state index in [9.17, 15) is 4.79 Å². The molecule has 0 saturated carbocycles. The highest BCUT2D eigenvalue weighted by Gasteiger charge is 2.18. The molecule has 86 valence electrons. The minimum Gasteiger partial charge on any atom is -0.493 e. The number of hydrogen-bond donors (Lipinski definition) is 0. The number of benzene rings is 1. The smallest absolute Gasteiger partial charge is 0.163 e. The molecule has 0 saturated heterocycles. The van der Waals surface area contributed by atoms with Crippen LogP contribution in [0.15, 0.2) is 12.1 Å². The van der Waals surface area contributed by atoms with E-state index in [1.54, 1.807) is 14.2 Å². The van der Waals surface area contributed by atoms with E-state index in [4.69, 9.17) is 9.47 Å². The molecule has 16 heavy (non-hydrogen) atoms. The van der Waals surface area contributed by atoms with Crippen LogP contribution in [0.4, 0.5) is 0 Å². The van der Waals surface area contributed by atoms with Crippen LogP contribution >= 0.6 is 0 Å². The molecule has 0 spiro atoms. The SMILES string of the molecule is COc1cc2c(cc1OC)C(=O)CCCC2. The Morgan fingerprint density at radius 3 is 2.31 bits per heavy atom. The second-order valence-electron chi connectivity index (χ2n) is 3.99. The molecular weight excluding hydrogens is 204 g/mol. The Morgan fingerprint density at radius 2 is 1.62 bits per heavy atom. The summed E-state index contributed by atoms with van der Waals surface area (Å²) in [4.78, 5) is 11.9. The Bertz CT molecular complexity index is 410. The summed E-state index contributed by atoms with van der Waals surface area (Å²) in [5.41, 5.74) is 1.88. The first-order valence-corrected chi connectivity index (χ1v) is 5.54. The van der Waals surface area contributed by atoms with Gasteiger partial charge >= 0.3 is 0 Å². The molecule has 0 heterocycles. The average molecular weight is 220 g/mol. The minimum atomic E-state index is 0.216. The molecule has 0 aliphatic heterocycles. The molecule has 3 nitrogen and oxygen atoms in total. The summed E-state index contributed by atoms with van der Waals surface area (Å²) >= 11 is 0. The number of methoxy groups -OCH3 is 2. The van der Waals surface area contributed by atoms with E-state index in [1.165, 1.54) is 0 Å². The number of fused-ring (bicyclic) bond motifs is 1. The van der Waals surface area contributed by atoms with E-state index < -0.39 is 0 Å². The molecule has 1 aliphatic carbocycles. The van der Waals surface area contributed by atoms with Gasteiger partial charge in [0.05, 0.1) is 14.2 Å². The number of carbonyl (C=O) groups excluding carboxylic acids is 1. The number of ketones is 1. The van der Waals surface area contributed by atoms with Gasteiger partial charge in [-0.3, -0.25) is 4.79 Å². The highest BCUT2D eigenvalue weighted by Crippen LogP contribution is 2.33. The van der Waals surface area contributed by atoms with Crippen LogP contribution in [0.25, 0.3) is 0 Å². The molecule has 3 heteroatoms. The van der Waals surface area contributed by atoms with Crippen LogP contribution in [-0.4, -0.2) is 20.0 Å². The number of aryl methyl sites for hydroxylation is 1. The summed E-state index contributed by atoms with van der Waals surface area (Å²) in [5, 5.41) is 0. The lowest BCUT2D eigenvalue weighted by molar-refractivity contribution is 0.0981. The maximum Gasteiger partial charge on any atom is 0.163 e. The summed E-state index contributed by atoms with van der Waals surface area (Å²) in [6.07, 6.45) is 3.62. The van der Waals surface area contributed by atoms with Crippen LogP contribution in [0.1, 0.15) is 35.2 Å². The zero-order chi connectivity index (χ0) is 11.5. The van der Waals surface area contributed by atoms with Crippen molar-refractivity contribution in [3.8, 4) is 11.5 Å². The van der Waals surface area contributed by atoms with Crippen molar-refractivity contribution in [1.82, 2.24) is 0 Å². The molecule has 1 aliphatic rings. The number of ether oxygens (including phenoxy) is 2. The van der Waals surface area contributed by atoms with Crippen molar-refractivity contribution in [3.63, 3.8) is 0 Å². The molecule has 0 amide bonds. The second-order valence-corrected chi connectivity index (χ2v) is 3.99. The van der Waals surface area contributed by atoms with Crippen LogP contribution < -0.4 is 9.47 Å². The summed E-state index contributed by atoms with van der Waals surface area (Å²) < 4.78 is 10.5. The molecule has 1 aromatic rings. The van der Waals surface area contributed by atoms with Crippen molar-refractivity contribution in [2.45, 2.75) is 25.7 Å². The zero-order valence-electron chi connectivity index (χ0n) is 9.71. The van der Waals surface area contributed by atoms with Gasteiger partial charge in [0, 0.05) is 12.0 Å². The first kappa shape index (κ1) is 11.0. The van der Waals surface area contributed by atoms with E-state index >= 15 is 0 Å². The summed E-state index contributed by atoms with van der Waals surface area (Å²) in [6, 6.07) is 3.74. The third-order valence-electron chi connectivity index (χ3n) is 3.01. The first-order valence-electron chi connectivity index (χ1n) is 5.54. The summed E-state index contributed by atoms with van der Waals surface area (Å²) in [5.74, 6) is 1.56. The third-order valence-corrected chi connectivity index (χ3v) is 3.01. The number of carbonyl (C=O) groups is 1. The topological polar surface area (TPSA) is 35.5 Å². The lowest BCUT2D eigenvalue weighted by atomic mass is 10.0. The molecule has 2 rings (SSSR count). The van der Waals surface area contributed by atoms with Gasteiger partial charge in [0.15, 0.2) is 17.3 Å². The van der Waals surface area contributed by atoms with Gasteiger partial charge < -0.3 is 9.47 Å². The van der Waals surface area contributed by atoms with Crippen LogP contribution in [0.5, 0.6) is 11.5 Å². The molecule has 1 aromatic carbocycles. The van der Waals surface area contributed by atoms with Crippen molar-refractivity contribution in [2.24, 2.45) is 0 Å². The van der Waals surface area contributed by atoms with Gasteiger partial charge in [0.2, 0.25) is 0 Å². The Hall–Kier alpha value is -1.51. The van der Waals surface area contributed by atoms with Crippen molar-refractivity contribution < 1.29 is 14.3 Å². The Kier molecular flexibility index (Phi) is 3.13. The van der Waals surface area contributed by atoms with Gasteiger partial charge in [-0.2, -0.15) is 0 Å². The van der Waals surface area contributed by atoms with E-state index in [0.29, 0.717) is 17.9 Å². The molecule has 0 bridgehead atoms. The number of hydrogen-bond acceptors (Lipinski definition) is 3. The lowest BCUT2D eigenvalue weighted by Crippen LogP contribution is -2.02. The van der Waals surface area contributed by atoms with E-state index in [-0.39, 0.29) is 5.78 Å². The van der Waals surface area contributed by atoms with Crippen molar-refractivity contribution in [3.05, 3.63) is 23.3 Å². The monoisotopic (exact) mass is 220 g/mol. The van der Waals surface area contributed by atoms with Crippen LogP contribution in [0, 0.1) is 0 Å². The van der Waals surface area contributed by atoms with Gasteiger partial charge in [-0.05, 0) is 37.0 Å². The Labute approximate surface area is 95.4 Å². The summed E-state index contributed by atoms with van der Waals surface area (Å²) in [6.45, 7) is 0. The van der Waals surface area contributed by atoms with Crippen LogP contribution in [0.3, 0.4) is 0 Å². The zero-order valence-corrected chi connectivity index (χ0v) is 9.71. The first-order chi connectivity index (χ1) is 7.76. The van der Waals surface area contributed by atoms with Gasteiger partial charge in [-0.25, -0.2) is 0 Å².